The number of hydrogen-bond donors (Lipinski definition) is 2. The van der Waals surface area contributed by atoms with Gasteiger partial charge in [-0.15, -0.1) is 0 Å². The molecule has 2 N–H and O–H groups in total. The summed E-state index contributed by atoms with van der Waals surface area (Å²) in [7, 11) is 3.41. The molecule has 0 aliphatic rings. The van der Waals surface area contributed by atoms with E-state index in [1.165, 1.54) is 4.90 Å². The molecule has 0 rings (SSSR count). The van der Waals surface area contributed by atoms with Crippen molar-refractivity contribution in [2.45, 2.75) is 20.0 Å². The van der Waals surface area contributed by atoms with E-state index in [9.17, 15) is 4.79 Å². The van der Waals surface area contributed by atoms with Crippen molar-refractivity contribution in [1.29, 1.82) is 0 Å². The average molecular weight is 186 g/mol. The molecule has 1 atom stereocenters. The van der Waals surface area contributed by atoms with Crippen LogP contribution in [0.4, 0.5) is 0 Å². The van der Waals surface area contributed by atoms with E-state index < -0.39 is 6.10 Å². The van der Waals surface area contributed by atoms with Gasteiger partial charge in [0.05, 0.1) is 6.10 Å². The van der Waals surface area contributed by atoms with Gasteiger partial charge in [0.2, 0.25) is 0 Å². The second-order valence-electron chi connectivity index (χ2n) is 3.15. The molecule has 0 aliphatic carbocycles. The third kappa shape index (κ3) is 4.52. The van der Waals surface area contributed by atoms with Crippen molar-refractivity contribution in [3.63, 3.8) is 0 Å². The molecule has 0 aromatic heterocycles. The summed E-state index contributed by atoms with van der Waals surface area (Å²) in [5.74, 6) is -0.0738. The third-order valence-corrected chi connectivity index (χ3v) is 1.58. The fourth-order valence-electron chi connectivity index (χ4n) is 1.06. The predicted molar refractivity (Wildman–Crippen MR) is 52.1 cm³/mol. The highest BCUT2D eigenvalue weighted by atomic mass is 16.3. The number of aliphatic hydroxyl groups is 1. The molecule has 0 aromatic rings. The van der Waals surface area contributed by atoms with Crippen LogP contribution in [0.1, 0.15) is 13.8 Å². The zero-order chi connectivity index (χ0) is 10.4. The average Bonchev–Trinajstić information content (AvgIpc) is 2.02. The lowest BCUT2D eigenvalue weighted by Gasteiger charge is -2.18. The smallest absolute Gasteiger partial charge is 0.250 e. The van der Waals surface area contributed by atoms with Crippen LogP contribution in [0.5, 0.6) is 0 Å². The highest BCUT2D eigenvalue weighted by molar-refractivity contribution is 5.92. The maximum Gasteiger partial charge on any atom is 0.250 e. The van der Waals surface area contributed by atoms with Crippen molar-refractivity contribution in [2.24, 2.45) is 0 Å². The van der Waals surface area contributed by atoms with Gasteiger partial charge in [0.1, 0.15) is 0 Å². The van der Waals surface area contributed by atoms with Crippen LogP contribution < -0.4 is 5.32 Å². The molecule has 0 spiro atoms. The molecular weight excluding hydrogens is 168 g/mol. The molecule has 0 aliphatic heterocycles. The number of carbonyl (C=O) groups is 1. The Morgan fingerprint density at radius 1 is 1.69 bits per heavy atom. The van der Waals surface area contributed by atoms with Crippen LogP contribution in [0, 0.1) is 0 Å². The van der Waals surface area contributed by atoms with E-state index in [1.807, 2.05) is 0 Å². The lowest BCUT2D eigenvalue weighted by atomic mass is 10.2. The summed E-state index contributed by atoms with van der Waals surface area (Å²) in [4.78, 5) is 13.0. The minimum Gasteiger partial charge on any atom is -0.394 e. The summed E-state index contributed by atoms with van der Waals surface area (Å²) in [5, 5.41) is 11.8. The molecule has 13 heavy (non-hydrogen) atoms. The molecule has 1 unspecified atom stereocenters. The molecule has 0 heterocycles. The summed E-state index contributed by atoms with van der Waals surface area (Å²) in [6.45, 7) is 3.74. The van der Waals surface area contributed by atoms with E-state index in [-0.39, 0.29) is 5.91 Å². The van der Waals surface area contributed by atoms with Crippen molar-refractivity contribution >= 4 is 5.91 Å². The van der Waals surface area contributed by atoms with Crippen molar-refractivity contribution in [3.05, 3.63) is 11.8 Å². The van der Waals surface area contributed by atoms with E-state index in [4.69, 9.17) is 5.11 Å². The minimum atomic E-state index is -0.490. The highest BCUT2D eigenvalue weighted by Gasteiger charge is 2.11. The fourth-order valence-corrected chi connectivity index (χ4v) is 1.06. The van der Waals surface area contributed by atoms with Crippen LogP contribution in [0.15, 0.2) is 11.8 Å². The molecule has 4 nitrogen and oxygen atoms in total. The molecule has 0 saturated heterocycles. The number of aliphatic hydroxyl groups excluding tert-OH is 1. The molecule has 0 aromatic carbocycles. The fraction of sp³-hybridized carbons (Fsp3) is 0.667. The van der Waals surface area contributed by atoms with Gasteiger partial charge in [-0.25, -0.2) is 0 Å². The van der Waals surface area contributed by atoms with Crippen LogP contribution >= 0.6 is 0 Å². The summed E-state index contributed by atoms with van der Waals surface area (Å²) in [6, 6.07) is 0. The van der Waals surface area contributed by atoms with Crippen LogP contribution in [-0.2, 0) is 4.79 Å². The van der Waals surface area contributed by atoms with Crippen molar-refractivity contribution < 1.29 is 9.90 Å². The molecular formula is C9H18N2O2. The topological polar surface area (TPSA) is 52.6 Å². The first-order chi connectivity index (χ1) is 5.99. The largest absolute Gasteiger partial charge is 0.394 e. The SMILES string of the molecule is CNC=C(C)C(=O)N(C)CC(C)O. The quantitative estimate of drug-likeness (QED) is 0.605. The van der Waals surface area contributed by atoms with E-state index >= 15 is 0 Å². The number of nitrogens with zero attached hydrogens (tertiary/aromatic N) is 1. The maximum atomic E-state index is 11.5. The van der Waals surface area contributed by atoms with Gasteiger partial charge >= 0.3 is 0 Å². The Hall–Kier alpha value is -1.03. The summed E-state index contributed by atoms with van der Waals surface area (Å²) in [6.07, 6.45) is 1.15. The number of carbonyl (C=O) groups excluding carboxylic acids is 1. The zero-order valence-corrected chi connectivity index (χ0v) is 8.66. The Morgan fingerprint density at radius 3 is 2.62 bits per heavy atom. The predicted octanol–water partition coefficient (Wildman–Crippen LogP) is -0.0512. The molecule has 0 saturated carbocycles. The first-order valence-corrected chi connectivity index (χ1v) is 4.26. The first-order valence-electron chi connectivity index (χ1n) is 4.26. The van der Waals surface area contributed by atoms with E-state index in [2.05, 4.69) is 5.32 Å². The van der Waals surface area contributed by atoms with Gasteiger partial charge in [0.15, 0.2) is 0 Å². The summed E-state index contributed by atoms with van der Waals surface area (Å²) >= 11 is 0. The van der Waals surface area contributed by atoms with Crippen LogP contribution in [-0.4, -0.2) is 42.7 Å². The molecule has 4 heteroatoms. The number of amides is 1. The van der Waals surface area contributed by atoms with Gasteiger partial charge in [0.25, 0.3) is 5.91 Å². The molecule has 0 radical (unpaired) electrons. The van der Waals surface area contributed by atoms with Crippen molar-refractivity contribution in [1.82, 2.24) is 10.2 Å². The number of nitrogens with one attached hydrogen (secondary N) is 1. The first kappa shape index (κ1) is 12.0. The standard InChI is InChI=1S/C9H18N2O2/c1-7(5-10-3)9(13)11(4)6-8(2)12/h5,8,10,12H,6H2,1-4H3. The number of likely N-dealkylation sites (N-methyl/N-ethyl adjacent to an activating group) is 1. The summed E-state index contributed by atoms with van der Waals surface area (Å²) < 4.78 is 0. The highest BCUT2D eigenvalue weighted by Crippen LogP contribution is 1.98. The lowest BCUT2D eigenvalue weighted by molar-refractivity contribution is -0.126. The van der Waals surface area contributed by atoms with E-state index in [0.29, 0.717) is 12.1 Å². The Bertz CT molecular complexity index is 200. The van der Waals surface area contributed by atoms with E-state index in [1.54, 1.807) is 34.1 Å². The van der Waals surface area contributed by atoms with Gasteiger partial charge in [-0.05, 0) is 13.8 Å². The number of hydrogen-bond acceptors (Lipinski definition) is 3. The zero-order valence-electron chi connectivity index (χ0n) is 8.66. The second kappa shape index (κ2) is 5.59. The van der Waals surface area contributed by atoms with E-state index in [0.717, 1.165) is 0 Å². The monoisotopic (exact) mass is 186 g/mol. The second-order valence-corrected chi connectivity index (χ2v) is 3.15. The minimum absolute atomic E-state index is 0.0738. The van der Waals surface area contributed by atoms with Gasteiger partial charge in [-0.1, -0.05) is 0 Å². The van der Waals surface area contributed by atoms with Crippen LogP contribution in [0.2, 0.25) is 0 Å². The van der Waals surface area contributed by atoms with Crippen molar-refractivity contribution in [3.8, 4) is 0 Å². The summed E-state index contributed by atoms with van der Waals surface area (Å²) in [5.41, 5.74) is 0.630. The van der Waals surface area contributed by atoms with Gasteiger partial charge in [-0.2, -0.15) is 0 Å². The maximum absolute atomic E-state index is 11.5. The molecule has 76 valence electrons. The van der Waals surface area contributed by atoms with Crippen molar-refractivity contribution in [2.75, 3.05) is 20.6 Å². The Balaban J connectivity index is 4.17. The molecule has 0 bridgehead atoms. The third-order valence-electron chi connectivity index (χ3n) is 1.58. The number of rotatable bonds is 4. The lowest BCUT2D eigenvalue weighted by Crippen LogP contribution is -2.33. The van der Waals surface area contributed by atoms with Gasteiger partial charge in [-0.3, -0.25) is 4.79 Å². The normalized spacial score (nSPS) is 13.8. The van der Waals surface area contributed by atoms with Crippen LogP contribution in [0.3, 0.4) is 0 Å². The Morgan fingerprint density at radius 2 is 2.23 bits per heavy atom. The molecule has 0 fully saturated rings. The Labute approximate surface area is 79.2 Å². The Kier molecular flexibility index (Phi) is 5.14. The van der Waals surface area contributed by atoms with Crippen LogP contribution in [0.25, 0.3) is 0 Å². The molecule has 1 amide bonds. The van der Waals surface area contributed by atoms with Gasteiger partial charge in [0, 0.05) is 32.4 Å². The van der Waals surface area contributed by atoms with Gasteiger partial charge < -0.3 is 15.3 Å².